The number of amides is 1. The topological polar surface area (TPSA) is 115 Å². The fraction of sp³-hybridized carbons (Fsp3) is 0.474. The largest absolute Gasteiger partial charge is 0.337 e. The molecule has 2 heterocycles. The molecule has 1 aromatic heterocycles. The number of nitro benzene ring substituents is 1. The van der Waals surface area contributed by atoms with Crippen molar-refractivity contribution in [1.82, 2.24) is 14.7 Å². The summed E-state index contributed by atoms with van der Waals surface area (Å²) in [6, 6.07) is 4.25. The van der Waals surface area contributed by atoms with Crippen LogP contribution in [-0.4, -0.2) is 52.5 Å². The zero-order chi connectivity index (χ0) is 21.5. The van der Waals surface area contributed by atoms with E-state index in [1.54, 1.807) is 30.8 Å². The van der Waals surface area contributed by atoms with E-state index in [1.165, 1.54) is 11.0 Å². The average molecular weight is 420 g/mol. The predicted molar refractivity (Wildman–Crippen MR) is 108 cm³/mol. The first kappa shape index (κ1) is 21.0. The zero-order valence-electron chi connectivity index (χ0n) is 16.9. The highest BCUT2D eigenvalue weighted by molar-refractivity contribution is 7.91. The standard InChI is InChI=1S/C19H24N4O5S/c1-12-5-6-15(9-18(12)23(25)26)19(24)21(4)10-17-13(2)20-22(14(17)3)16-7-8-29(27,28)11-16/h5-6,9,16H,7-8,10-11H2,1-4H3. The number of aromatic nitrogens is 2. The number of hydrogen-bond acceptors (Lipinski definition) is 6. The van der Waals surface area contributed by atoms with E-state index in [0.29, 0.717) is 12.0 Å². The predicted octanol–water partition coefficient (Wildman–Crippen LogP) is 2.35. The van der Waals surface area contributed by atoms with Gasteiger partial charge in [-0.15, -0.1) is 0 Å². The number of carbonyl (C=O) groups is 1. The van der Waals surface area contributed by atoms with Gasteiger partial charge in [-0.1, -0.05) is 6.07 Å². The van der Waals surface area contributed by atoms with Gasteiger partial charge in [0.1, 0.15) is 0 Å². The van der Waals surface area contributed by atoms with Crippen LogP contribution in [-0.2, 0) is 16.4 Å². The molecule has 29 heavy (non-hydrogen) atoms. The highest BCUT2D eigenvalue weighted by Gasteiger charge is 2.31. The number of nitrogens with zero attached hydrogens (tertiary/aromatic N) is 4. The quantitative estimate of drug-likeness (QED) is 0.542. The molecule has 0 spiro atoms. The lowest BCUT2D eigenvalue weighted by Gasteiger charge is -2.18. The van der Waals surface area contributed by atoms with Crippen molar-refractivity contribution in [2.24, 2.45) is 0 Å². The van der Waals surface area contributed by atoms with Crippen LogP contribution in [0.3, 0.4) is 0 Å². The SMILES string of the molecule is Cc1ccc(C(=O)N(C)Cc2c(C)nn(C3CCS(=O)(=O)C3)c2C)cc1[N+](=O)[O-]. The first-order valence-electron chi connectivity index (χ1n) is 9.25. The van der Waals surface area contributed by atoms with E-state index in [0.717, 1.165) is 17.0 Å². The third kappa shape index (κ3) is 4.16. The summed E-state index contributed by atoms with van der Waals surface area (Å²) in [5.74, 6) is -0.0883. The molecular weight excluding hydrogens is 396 g/mol. The number of nitro groups is 1. The molecule has 1 unspecified atom stereocenters. The van der Waals surface area contributed by atoms with Gasteiger partial charge in [0.25, 0.3) is 11.6 Å². The second kappa shape index (κ2) is 7.58. The van der Waals surface area contributed by atoms with Gasteiger partial charge in [0.15, 0.2) is 9.84 Å². The summed E-state index contributed by atoms with van der Waals surface area (Å²) < 4.78 is 25.4. The molecule has 1 amide bonds. The molecule has 1 fully saturated rings. The molecule has 0 saturated carbocycles. The third-order valence-electron chi connectivity index (χ3n) is 5.42. The molecular formula is C19H24N4O5S. The van der Waals surface area contributed by atoms with E-state index in [9.17, 15) is 23.3 Å². The molecule has 3 rings (SSSR count). The van der Waals surface area contributed by atoms with Crippen molar-refractivity contribution in [3.63, 3.8) is 0 Å². The molecule has 10 heteroatoms. The Kier molecular flexibility index (Phi) is 5.48. The van der Waals surface area contributed by atoms with Gasteiger partial charge in [0.05, 0.1) is 28.2 Å². The van der Waals surface area contributed by atoms with E-state index >= 15 is 0 Å². The smallest absolute Gasteiger partial charge is 0.273 e. The Balaban J connectivity index is 1.82. The Morgan fingerprint density at radius 3 is 2.62 bits per heavy atom. The van der Waals surface area contributed by atoms with Crippen LogP contribution in [0.4, 0.5) is 5.69 Å². The monoisotopic (exact) mass is 420 g/mol. The van der Waals surface area contributed by atoms with Crippen LogP contribution >= 0.6 is 0 Å². The Morgan fingerprint density at radius 2 is 2.03 bits per heavy atom. The summed E-state index contributed by atoms with van der Waals surface area (Å²) in [5.41, 5.74) is 3.07. The first-order valence-corrected chi connectivity index (χ1v) is 11.1. The summed E-state index contributed by atoms with van der Waals surface area (Å²) in [5, 5.41) is 15.7. The van der Waals surface area contributed by atoms with Crippen LogP contribution in [0.15, 0.2) is 18.2 Å². The van der Waals surface area contributed by atoms with E-state index < -0.39 is 14.8 Å². The van der Waals surface area contributed by atoms with Gasteiger partial charge in [-0.3, -0.25) is 19.6 Å². The Bertz CT molecular complexity index is 1090. The van der Waals surface area contributed by atoms with Crippen molar-refractivity contribution in [1.29, 1.82) is 0 Å². The van der Waals surface area contributed by atoms with Gasteiger partial charge >= 0.3 is 0 Å². The second-order valence-corrected chi connectivity index (χ2v) is 9.80. The summed E-state index contributed by atoms with van der Waals surface area (Å²) in [4.78, 5) is 24.9. The molecule has 1 aromatic carbocycles. The van der Waals surface area contributed by atoms with Crippen molar-refractivity contribution < 1.29 is 18.1 Å². The Labute approximate surface area is 169 Å². The molecule has 1 aliphatic rings. The summed E-state index contributed by atoms with van der Waals surface area (Å²) >= 11 is 0. The van der Waals surface area contributed by atoms with Gasteiger partial charge in [-0.05, 0) is 33.3 Å². The summed E-state index contributed by atoms with van der Waals surface area (Å²) in [6.45, 7) is 5.60. The minimum absolute atomic E-state index is 0.0796. The lowest BCUT2D eigenvalue weighted by atomic mass is 10.1. The average Bonchev–Trinajstić information content (AvgIpc) is 3.14. The second-order valence-electron chi connectivity index (χ2n) is 7.57. The van der Waals surface area contributed by atoms with Gasteiger partial charge < -0.3 is 4.90 Å². The minimum atomic E-state index is -3.03. The van der Waals surface area contributed by atoms with Crippen LogP contribution in [0.1, 0.15) is 45.3 Å². The number of carbonyl (C=O) groups excluding carboxylic acids is 1. The lowest BCUT2D eigenvalue weighted by molar-refractivity contribution is -0.385. The van der Waals surface area contributed by atoms with Gasteiger partial charge in [0.2, 0.25) is 0 Å². The van der Waals surface area contributed by atoms with E-state index in [-0.39, 0.29) is 41.3 Å². The fourth-order valence-corrected chi connectivity index (χ4v) is 5.41. The van der Waals surface area contributed by atoms with E-state index in [2.05, 4.69) is 5.10 Å². The number of rotatable bonds is 5. The molecule has 1 atom stereocenters. The van der Waals surface area contributed by atoms with E-state index in [1.807, 2.05) is 13.8 Å². The van der Waals surface area contributed by atoms with E-state index in [4.69, 9.17) is 0 Å². The maximum Gasteiger partial charge on any atom is 0.273 e. The zero-order valence-corrected chi connectivity index (χ0v) is 17.7. The molecule has 9 nitrogen and oxygen atoms in total. The number of hydrogen-bond donors (Lipinski definition) is 0. The maximum absolute atomic E-state index is 12.8. The molecule has 156 valence electrons. The molecule has 1 saturated heterocycles. The minimum Gasteiger partial charge on any atom is -0.337 e. The van der Waals surface area contributed by atoms with Crippen LogP contribution in [0.5, 0.6) is 0 Å². The molecule has 0 radical (unpaired) electrons. The van der Waals surface area contributed by atoms with Crippen molar-refractivity contribution in [3.8, 4) is 0 Å². The maximum atomic E-state index is 12.8. The van der Waals surface area contributed by atoms with Crippen LogP contribution < -0.4 is 0 Å². The van der Waals surface area contributed by atoms with Gasteiger partial charge in [-0.25, -0.2) is 8.42 Å². The third-order valence-corrected chi connectivity index (χ3v) is 7.17. The summed E-state index contributed by atoms with van der Waals surface area (Å²) in [7, 11) is -1.40. The van der Waals surface area contributed by atoms with Crippen molar-refractivity contribution >= 4 is 21.4 Å². The Hall–Kier alpha value is -2.75. The van der Waals surface area contributed by atoms with Crippen LogP contribution in [0, 0.1) is 30.9 Å². The first-order chi connectivity index (χ1) is 13.5. The highest BCUT2D eigenvalue weighted by atomic mass is 32.2. The molecule has 0 N–H and O–H groups in total. The lowest BCUT2D eigenvalue weighted by Crippen LogP contribution is -2.27. The fourth-order valence-electron chi connectivity index (χ4n) is 3.72. The van der Waals surface area contributed by atoms with Crippen LogP contribution in [0.25, 0.3) is 0 Å². The van der Waals surface area contributed by atoms with Gasteiger partial charge in [-0.2, -0.15) is 5.10 Å². The normalized spacial score (nSPS) is 18.0. The summed E-state index contributed by atoms with van der Waals surface area (Å²) in [6.07, 6.45) is 0.533. The molecule has 0 aliphatic carbocycles. The van der Waals surface area contributed by atoms with Crippen LogP contribution in [0.2, 0.25) is 0 Å². The van der Waals surface area contributed by atoms with Gasteiger partial charge in [0, 0.05) is 42.0 Å². The molecule has 2 aromatic rings. The number of benzene rings is 1. The molecule has 0 bridgehead atoms. The molecule has 1 aliphatic heterocycles. The van der Waals surface area contributed by atoms with Crippen molar-refractivity contribution in [2.75, 3.05) is 18.6 Å². The number of aryl methyl sites for hydroxylation is 2. The highest BCUT2D eigenvalue weighted by Crippen LogP contribution is 2.27. The van der Waals surface area contributed by atoms with Crippen molar-refractivity contribution in [3.05, 3.63) is 56.4 Å². The van der Waals surface area contributed by atoms with Crippen molar-refractivity contribution in [2.45, 2.75) is 39.8 Å². The number of sulfone groups is 1. The Morgan fingerprint density at radius 1 is 1.34 bits per heavy atom.